The lowest BCUT2D eigenvalue weighted by atomic mass is 9.97. The Morgan fingerprint density at radius 3 is 2.91 bits per heavy atom. The van der Waals surface area contributed by atoms with E-state index < -0.39 is 0 Å². The summed E-state index contributed by atoms with van der Waals surface area (Å²) in [5.41, 5.74) is 1.91. The molecule has 0 radical (unpaired) electrons. The average molecular weight is 318 g/mol. The number of esters is 1. The lowest BCUT2D eigenvalue weighted by molar-refractivity contribution is -0.150. The number of carbonyl (C=O) groups is 2. The molecule has 23 heavy (non-hydrogen) atoms. The first-order valence-corrected chi connectivity index (χ1v) is 8.29. The molecule has 1 aromatic carbocycles. The predicted molar refractivity (Wildman–Crippen MR) is 90.2 cm³/mol. The summed E-state index contributed by atoms with van der Waals surface area (Å²) in [6, 6.07) is 7.48. The molecule has 0 aliphatic carbocycles. The first kappa shape index (κ1) is 17.5. The molecule has 1 amide bonds. The molecular weight excluding hydrogens is 292 g/mol. The molecule has 1 aliphatic heterocycles. The predicted octanol–water partition coefficient (Wildman–Crippen LogP) is 2.60. The quantitative estimate of drug-likeness (QED) is 0.848. The normalized spacial score (nSPS) is 19.9. The highest BCUT2D eigenvalue weighted by Gasteiger charge is 2.31. The molecule has 2 rings (SSSR count). The van der Waals surface area contributed by atoms with Crippen molar-refractivity contribution in [3.63, 3.8) is 0 Å². The maximum Gasteiger partial charge on any atom is 0.310 e. The molecule has 0 saturated carbocycles. The second-order valence-electron chi connectivity index (χ2n) is 6.12. The summed E-state index contributed by atoms with van der Waals surface area (Å²) in [6.07, 6.45) is 1.74. The minimum absolute atomic E-state index is 0.0416. The van der Waals surface area contributed by atoms with Crippen molar-refractivity contribution in [2.24, 2.45) is 5.92 Å². The number of amides is 1. The Morgan fingerprint density at radius 2 is 2.22 bits per heavy atom. The fraction of sp³-hybridized carbons (Fsp3) is 0.556. The summed E-state index contributed by atoms with van der Waals surface area (Å²) in [4.78, 5) is 26.4. The topological polar surface area (TPSA) is 58.6 Å². The van der Waals surface area contributed by atoms with Gasteiger partial charge in [0.15, 0.2) is 0 Å². The van der Waals surface area contributed by atoms with Crippen LogP contribution in [0, 0.1) is 12.8 Å². The van der Waals surface area contributed by atoms with E-state index in [4.69, 9.17) is 4.74 Å². The Morgan fingerprint density at radius 1 is 1.43 bits per heavy atom. The van der Waals surface area contributed by atoms with E-state index in [0.29, 0.717) is 13.2 Å². The van der Waals surface area contributed by atoms with Gasteiger partial charge in [0, 0.05) is 12.2 Å². The van der Waals surface area contributed by atoms with Crippen molar-refractivity contribution in [1.82, 2.24) is 4.90 Å². The number of piperidine rings is 1. The van der Waals surface area contributed by atoms with Gasteiger partial charge in [-0.15, -0.1) is 0 Å². The third-order valence-electron chi connectivity index (χ3n) is 4.29. The number of anilines is 1. The first-order chi connectivity index (χ1) is 11.0. The zero-order valence-electron chi connectivity index (χ0n) is 14.2. The highest BCUT2D eigenvalue weighted by Crippen LogP contribution is 2.20. The number of benzene rings is 1. The van der Waals surface area contributed by atoms with Crippen molar-refractivity contribution in [1.29, 1.82) is 0 Å². The summed E-state index contributed by atoms with van der Waals surface area (Å²) in [6.45, 7) is 7.51. The molecule has 2 atom stereocenters. The average Bonchev–Trinajstić information content (AvgIpc) is 2.54. The van der Waals surface area contributed by atoms with Crippen molar-refractivity contribution in [3.8, 4) is 0 Å². The van der Waals surface area contributed by atoms with Gasteiger partial charge in [-0.05, 0) is 57.9 Å². The fourth-order valence-corrected chi connectivity index (χ4v) is 2.95. The molecule has 0 bridgehead atoms. The van der Waals surface area contributed by atoms with Crippen LogP contribution in [0.25, 0.3) is 0 Å². The van der Waals surface area contributed by atoms with E-state index >= 15 is 0 Å². The van der Waals surface area contributed by atoms with Crippen LogP contribution in [-0.2, 0) is 14.3 Å². The Kier molecular flexibility index (Phi) is 6.16. The van der Waals surface area contributed by atoms with Crippen molar-refractivity contribution in [2.45, 2.75) is 39.7 Å². The summed E-state index contributed by atoms with van der Waals surface area (Å²) < 4.78 is 5.11. The van der Waals surface area contributed by atoms with E-state index in [1.807, 2.05) is 45.0 Å². The van der Waals surface area contributed by atoms with Gasteiger partial charge in [0.25, 0.3) is 0 Å². The van der Waals surface area contributed by atoms with Gasteiger partial charge in [-0.3, -0.25) is 14.5 Å². The second kappa shape index (κ2) is 8.11. The molecule has 2 unspecified atom stereocenters. The fourth-order valence-electron chi connectivity index (χ4n) is 2.95. The zero-order valence-corrected chi connectivity index (χ0v) is 14.2. The van der Waals surface area contributed by atoms with E-state index in [1.54, 1.807) is 0 Å². The van der Waals surface area contributed by atoms with Gasteiger partial charge in [-0.25, -0.2) is 0 Å². The van der Waals surface area contributed by atoms with Gasteiger partial charge in [0.05, 0.1) is 18.6 Å². The molecule has 1 fully saturated rings. The molecule has 1 saturated heterocycles. The van der Waals surface area contributed by atoms with E-state index in [0.717, 1.165) is 30.6 Å². The van der Waals surface area contributed by atoms with Crippen molar-refractivity contribution < 1.29 is 14.3 Å². The number of likely N-dealkylation sites (tertiary alicyclic amines) is 1. The van der Waals surface area contributed by atoms with Crippen LogP contribution in [0.15, 0.2) is 24.3 Å². The van der Waals surface area contributed by atoms with E-state index in [1.165, 1.54) is 0 Å². The molecule has 5 heteroatoms. The third-order valence-corrected chi connectivity index (χ3v) is 4.29. The van der Waals surface area contributed by atoms with E-state index in [2.05, 4.69) is 10.2 Å². The number of hydrogen-bond acceptors (Lipinski definition) is 4. The molecular formula is C18H26N2O3. The summed E-state index contributed by atoms with van der Waals surface area (Å²) in [5, 5.41) is 2.95. The maximum atomic E-state index is 12.5. The minimum atomic E-state index is -0.271. The Bertz CT molecular complexity index is 559. The lowest BCUT2D eigenvalue weighted by Crippen LogP contribution is -2.48. The smallest absolute Gasteiger partial charge is 0.310 e. The number of aryl methyl sites for hydroxylation is 1. The van der Waals surface area contributed by atoms with Gasteiger partial charge < -0.3 is 10.1 Å². The lowest BCUT2D eigenvalue weighted by Gasteiger charge is -2.35. The van der Waals surface area contributed by atoms with Crippen LogP contribution in [0.3, 0.4) is 0 Å². The summed E-state index contributed by atoms with van der Waals surface area (Å²) in [7, 11) is 0. The zero-order chi connectivity index (χ0) is 16.8. The van der Waals surface area contributed by atoms with Crippen LogP contribution in [0.2, 0.25) is 0 Å². The van der Waals surface area contributed by atoms with Crippen molar-refractivity contribution >= 4 is 17.6 Å². The highest BCUT2D eigenvalue weighted by atomic mass is 16.5. The van der Waals surface area contributed by atoms with Gasteiger partial charge >= 0.3 is 5.97 Å². The van der Waals surface area contributed by atoms with Crippen molar-refractivity contribution in [2.75, 3.05) is 25.0 Å². The third kappa shape index (κ3) is 4.79. The first-order valence-electron chi connectivity index (χ1n) is 8.29. The number of hydrogen-bond donors (Lipinski definition) is 1. The largest absolute Gasteiger partial charge is 0.466 e. The van der Waals surface area contributed by atoms with E-state index in [9.17, 15) is 9.59 Å². The van der Waals surface area contributed by atoms with Gasteiger partial charge in [0.1, 0.15) is 0 Å². The Labute approximate surface area is 138 Å². The summed E-state index contributed by atoms with van der Waals surface area (Å²) in [5.74, 6) is -0.318. The molecule has 5 nitrogen and oxygen atoms in total. The number of rotatable bonds is 5. The highest BCUT2D eigenvalue weighted by molar-refractivity contribution is 5.94. The molecule has 1 N–H and O–H groups in total. The SMILES string of the molecule is CCOC(=O)C1CCCN(C(C)C(=O)Nc2cccc(C)c2)C1. The molecule has 1 aromatic rings. The Hall–Kier alpha value is -1.88. The van der Waals surface area contributed by atoms with Gasteiger partial charge in [-0.1, -0.05) is 12.1 Å². The maximum absolute atomic E-state index is 12.5. The van der Waals surface area contributed by atoms with Crippen molar-refractivity contribution in [3.05, 3.63) is 29.8 Å². The molecule has 0 aromatic heterocycles. The van der Waals surface area contributed by atoms with Crippen LogP contribution in [0.1, 0.15) is 32.3 Å². The Balaban J connectivity index is 1.94. The number of ether oxygens (including phenoxy) is 1. The van der Waals surface area contributed by atoms with Crippen LogP contribution in [0.4, 0.5) is 5.69 Å². The molecule has 1 heterocycles. The molecule has 126 valence electrons. The molecule has 0 spiro atoms. The van der Waals surface area contributed by atoms with Crippen LogP contribution < -0.4 is 5.32 Å². The number of carbonyl (C=O) groups excluding carboxylic acids is 2. The van der Waals surface area contributed by atoms with Gasteiger partial charge in [-0.2, -0.15) is 0 Å². The monoisotopic (exact) mass is 318 g/mol. The number of nitrogens with one attached hydrogen (secondary N) is 1. The minimum Gasteiger partial charge on any atom is -0.466 e. The second-order valence-corrected chi connectivity index (χ2v) is 6.12. The van der Waals surface area contributed by atoms with Gasteiger partial charge in [0.2, 0.25) is 5.91 Å². The van der Waals surface area contributed by atoms with Crippen LogP contribution >= 0.6 is 0 Å². The molecule has 1 aliphatic rings. The standard InChI is InChI=1S/C18H26N2O3/c1-4-23-18(22)15-8-6-10-20(12-15)14(3)17(21)19-16-9-5-7-13(2)11-16/h5,7,9,11,14-15H,4,6,8,10,12H2,1-3H3,(H,19,21). The van der Waals surface area contributed by atoms with E-state index in [-0.39, 0.29) is 23.8 Å². The number of nitrogens with zero attached hydrogens (tertiary/aromatic N) is 1. The van der Waals surface area contributed by atoms with Crippen LogP contribution in [-0.4, -0.2) is 42.5 Å². The summed E-state index contributed by atoms with van der Waals surface area (Å²) >= 11 is 0. The van der Waals surface area contributed by atoms with Crippen LogP contribution in [0.5, 0.6) is 0 Å².